The first kappa shape index (κ1) is 14.9. The van der Waals surface area contributed by atoms with Crippen LogP contribution in [0.1, 0.15) is 27.2 Å². The normalized spacial score (nSPS) is 12.2. The lowest BCUT2D eigenvalue weighted by molar-refractivity contribution is -0.117. The number of carbonyl (C=O) groups excluding carboxylic acids is 1. The van der Waals surface area contributed by atoms with E-state index in [2.05, 4.69) is 8.75 Å². The number of hydrogen-bond acceptors (Lipinski definition) is 4. The number of aromatic nitrogens is 2. The lowest BCUT2D eigenvalue weighted by atomic mass is 10.1. The summed E-state index contributed by atoms with van der Waals surface area (Å²) in [5.74, 6) is 0.547. The van der Waals surface area contributed by atoms with E-state index in [1.807, 2.05) is 32.0 Å². The van der Waals surface area contributed by atoms with E-state index in [1.165, 1.54) is 0 Å². The van der Waals surface area contributed by atoms with Gasteiger partial charge in [0.15, 0.2) is 5.82 Å². The van der Waals surface area contributed by atoms with Crippen LogP contribution >= 0.6 is 23.3 Å². The molecule has 4 nitrogen and oxygen atoms in total. The zero-order valence-electron chi connectivity index (χ0n) is 11.6. The minimum Gasteiger partial charge on any atom is -0.292 e. The number of halogens is 1. The highest BCUT2D eigenvalue weighted by Crippen LogP contribution is 2.34. The predicted octanol–water partition coefficient (Wildman–Crippen LogP) is 4.01. The Morgan fingerprint density at radius 2 is 2.10 bits per heavy atom. The molecule has 0 N–H and O–H groups in total. The van der Waals surface area contributed by atoms with Crippen LogP contribution in [0.4, 0.5) is 5.82 Å². The molecule has 6 heteroatoms. The van der Waals surface area contributed by atoms with E-state index < -0.39 is 0 Å². The second kappa shape index (κ2) is 6.33. The molecule has 1 aromatic heterocycles. The van der Waals surface area contributed by atoms with Gasteiger partial charge in [0.2, 0.25) is 5.91 Å². The molecule has 20 heavy (non-hydrogen) atoms. The van der Waals surface area contributed by atoms with Crippen molar-refractivity contribution in [2.24, 2.45) is 0 Å². The Morgan fingerprint density at radius 1 is 1.40 bits per heavy atom. The third kappa shape index (κ3) is 2.83. The molecule has 2 rings (SSSR count). The first-order valence-electron chi connectivity index (χ1n) is 6.43. The minimum atomic E-state index is -0.0413. The summed E-state index contributed by atoms with van der Waals surface area (Å²) in [6.45, 7) is 5.58. The largest absolute Gasteiger partial charge is 0.292 e. The highest BCUT2D eigenvalue weighted by atomic mass is 35.5. The van der Waals surface area contributed by atoms with Crippen molar-refractivity contribution in [3.8, 4) is 11.3 Å². The summed E-state index contributed by atoms with van der Waals surface area (Å²) in [6.07, 6.45) is 0.846. The molecule has 1 aromatic carbocycles. The van der Waals surface area contributed by atoms with Gasteiger partial charge in [-0.1, -0.05) is 36.7 Å². The average Bonchev–Trinajstić information content (AvgIpc) is 2.87. The molecule has 0 aliphatic heterocycles. The molecule has 0 spiro atoms. The Hall–Kier alpha value is -1.46. The molecule has 0 aliphatic rings. The number of anilines is 1. The molecule has 1 unspecified atom stereocenters. The highest BCUT2D eigenvalue weighted by Gasteiger charge is 2.25. The molecule has 0 aliphatic carbocycles. The average molecular weight is 310 g/mol. The van der Waals surface area contributed by atoms with Crippen LogP contribution in [0.25, 0.3) is 11.3 Å². The maximum Gasteiger partial charge on any atom is 0.225 e. The Morgan fingerprint density at radius 3 is 2.70 bits per heavy atom. The van der Waals surface area contributed by atoms with Gasteiger partial charge in [0.1, 0.15) is 5.69 Å². The third-order valence-electron chi connectivity index (χ3n) is 3.20. The maximum absolute atomic E-state index is 11.9. The summed E-state index contributed by atoms with van der Waals surface area (Å²) >= 11 is 7.31. The van der Waals surface area contributed by atoms with Crippen molar-refractivity contribution >= 4 is 35.1 Å². The fourth-order valence-electron chi connectivity index (χ4n) is 2.02. The van der Waals surface area contributed by atoms with Gasteiger partial charge >= 0.3 is 0 Å². The van der Waals surface area contributed by atoms with Gasteiger partial charge in [-0.2, -0.15) is 8.75 Å². The van der Waals surface area contributed by atoms with Gasteiger partial charge in [-0.3, -0.25) is 9.69 Å². The second-order valence-corrected chi connectivity index (χ2v) is 5.50. The van der Waals surface area contributed by atoms with Crippen LogP contribution < -0.4 is 4.90 Å². The zero-order chi connectivity index (χ0) is 14.7. The van der Waals surface area contributed by atoms with E-state index in [0.717, 1.165) is 23.7 Å². The number of carbonyl (C=O) groups is 1. The number of rotatable bonds is 4. The molecular weight excluding hydrogens is 294 g/mol. The molecular formula is C14H16ClN3OS. The van der Waals surface area contributed by atoms with Crippen molar-refractivity contribution in [3.05, 3.63) is 29.3 Å². The molecule has 2 aromatic rings. The van der Waals surface area contributed by atoms with E-state index in [1.54, 1.807) is 17.9 Å². The maximum atomic E-state index is 11.9. The van der Waals surface area contributed by atoms with Crippen LogP contribution in [0.2, 0.25) is 5.02 Å². The van der Waals surface area contributed by atoms with Gasteiger partial charge < -0.3 is 0 Å². The van der Waals surface area contributed by atoms with E-state index in [4.69, 9.17) is 11.6 Å². The molecule has 1 amide bonds. The summed E-state index contributed by atoms with van der Waals surface area (Å²) < 4.78 is 8.62. The second-order valence-electron chi connectivity index (χ2n) is 4.56. The van der Waals surface area contributed by atoms with Crippen LogP contribution in [0.15, 0.2) is 24.3 Å². The smallest absolute Gasteiger partial charge is 0.225 e. The van der Waals surface area contributed by atoms with E-state index in [9.17, 15) is 4.79 Å². The van der Waals surface area contributed by atoms with Crippen molar-refractivity contribution in [1.29, 1.82) is 0 Å². The van der Waals surface area contributed by atoms with E-state index in [0.29, 0.717) is 16.5 Å². The van der Waals surface area contributed by atoms with Gasteiger partial charge in [0, 0.05) is 18.5 Å². The van der Waals surface area contributed by atoms with Crippen LogP contribution in [0.3, 0.4) is 0 Å². The van der Waals surface area contributed by atoms with Crippen LogP contribution in [-0.4, -0.2) is 20.7 Å². The summed E-state index contributed by atoms with van der Waals surface area (Å²) in [5.41, 5.74) is 1.46. The van der Waals surface area contributed by atoms with Crippen molar-refractivity contribution in [1.82, 2.24) is 8.75 Å². The molecule has 0 fully saturated rings. The molecule has 0 radical (unpaired) electrons. The first-order chi connectivity index (χ1) is 9.56. The summed E-state index contributed by atoms with van der Waals surface area (Å²) in [4.78, 5) is 13.6. The molecule has 0 saturated carbocycles. The van der Waals surface area contributed by atoms with Crippen molar-refractivity contribution in [2.45, 2.75) is 33.2 Å². The zero-order valence-corrected chi connectivity index (χ0v) is 13.2. The Labute approximate surface area is 127 Å². The summed E-state index contributed by atoms with van der Waals surface area (Å²) in [6, 6.07) is 7.52. The van der Waals surface area contributed by atoms with Gasteiger partial charge in [0.25, 0.3) is 0 Å². The lowest BCUT2D eigenvalue weighted by Gasteiger charge is -2.25. The molecule has 1 heterocycles. The van der Waals surface area contributed by atoms with Crippen molar-refractivity contribution in [2.75, 3.05) is 4.90 Å². The van der Waals surface area contributed by atoms with Crippen molar-refractivity contribution in [3.63, 3.8) is 0 Å². The number of hydrogen-bond donors (Lipinski definition) is 0. The third-order valence-corrected chi connectivity index (χ3v) is 4.05. The standard InChI is InChI=1S/C14H16ClN3OS/c1-4-9(2)18(10(3)19)14-13(16-20-17-14)11-7-5-6-8-12(11)15/h5-9H,4H2,1-3H3. The van der Waals surface area contributed by atoms with Crippen molar-refractivity contribution < 1.29 is 4.79 Å². The molecule has 1 atom stereocenters. The SMILES string of the molecule is CCC(C)N(C(C)=O)c1nsnc1-c1ccccc1Cl. The predicted molar refractivity (Wildman–Crippen MR) is 83.3 cm³/mol. The number of benzene rings is 1. The molecule has 106 valence electrons. The fraction of sp³-hybridized carbons (Fsp3) is 0.357. The van der Waals surface area contributed by atoms with Gasteiger partial charge in [-0.25, -0.2) is 0 Å². The summed E-state index contributed by atoms with van der Waals surface area (Å²) in [7, 11) is 0. The number of amides is 1. The Balaban J connectivity index is 2.52. The van der Waals surface area contributed by atoms with Gasteiger partial charge in [-0.15, -0.1) is 0 Å². The Bertz CT molecular complexity index is 614. The first-order valence-corrected chi connectivity index (χ1v) is 7.54. The lowest BCUT2D eigenvalue weighted by Crippen LogP contribution is -2.37. The number of nitrogens with zero attached hydrogens (tertiary/aromatic N) is 3. The monoisotopic (exact) mass is 309 g/mol. The van der Waals surface area contributed by atoms with Gasteiger partial charge in [-0.05, 0) is 19.4 Å². The van der Waals surface area contributed by atoms with Crippen LogP contribution in [0, 0.1) is 0 Å². The molecule has 0 bridgehead atoms. The topological polar surface area (TPSA) is 46.1 Å². The van der Waals surface area contributed by atoms with Gasteiger partial charge in [0.05, 0.1) is 16.8 Å². The highest BCUT2D eigenvalue weighted by molar-refractivity contribution is 6.99. The molecule has 0 saturated heterocycles. The summed E-state index contributed by atoms with van der Waals surface area (Å²) in [5, 5.41) is 0.606. The fourth-order valence-corrected chi connectivity index (χ4v) is 2.80. The minimum absolute atomic E-state index is 0.0413. The van der Waals surface area contributed by atoms with Crippen LogP contribution in [0.5, 0.6) is 0 Å². The van der Waals surface area contributed by atoms with E-state index >= 15 is 0 Å². The quantitative estimate of drug-likeness (QED) is 0.857. The Kier molecular flexibility index (Phi) is 4.73. The van der Waals surface area contributed by atoms with Crippen LogP contribution in [-0.2, 0) is 4.79 Å². The van der Waals surface area contributed by atoms with E-state index in [-0.39, 0.29) is 11.9 Å².